The summed E-state index contributed by atoms with van der Waals surface area (Å²) in [6, 6.07) is 0.332. The highest BCUT2D eigenvalue weighted by Gasteiger charge is 2.47. The number of H-pyrrole nitrogens is 1. The summed E-state index contributed by atoms with van der Waals surface area (Å²) >= 11 is 0. The molecule has 116 valence electrons. The molecule has 6 nitrogen and oxygen atoms in total. The van der Waals surface area contributed by atoms with E-state index < -0.39 is 9.84 Å². The topological polar surface area (TPSA) is 69.3 Å². The summed E-state index contributed by atoms with van der Waals surface area (Å²) in [6.45, 7) is 3.80. The monoisotopic (exact) mass is 310 g/mol. The molecule has 4 rings (SSSR count). The summed E-state index contributed by atoms with van der Waals surface area (Å²) in [7, 11) is -2.90. The number of imidazole rings is 1. The smallest absolute Gasteiger partial charge is 0.153 e. The molecule has 0 aromatic carbocycles. The van der Waals surface area contributed by atoms with Crippen LogP contribution in [0.15, 0.2) is 12.5 Å². The van der Waals surface area contributed by atoms with Crippen LogP contribution in [-0.2, 0) is 16.4 Å². The van der Waals surface area contributed by atoms with Crippen LogP contribution in [0.25, 0.3) is 0 Å². The molecule has 0 bridgehead atoms. The molecule has 3 heterocycles. The first-order chi connectivity index (χ1) is 10.1. The van der Waals surface area contributed by atoms with E-state index in [9.17, 15) is 8.42 Å². The van der Waals surface area contributed by atoms with E-state index in [-0.39, 0.29) is 12.1 Å². The van der Waals surface area contributed by atoms with Crippen molar-refractivity contribution in [3.8, 4) is 0 Å². The van der Waals surface area contributed by atoms with Gasteiger partial charge in [-0.2, -0.15) is 0 Å². The van der Waals surface area contributed by atoms with Gasteiger partial charge in [0.15, 0.2) is 9.84 Å². The Hall–Kier alpha value is -0.920. The second kappa shape index (κ2) is 5.07. The van der Waals surface area contributed by atoms with Crippen LogP contribution in [0.1, 0.15) is 18.5 Å². The summed E-state index contributed by atoms with van der Waals surface area (Å²) in [6.07, 6.45) is 6.15. The minimum Gasteiger partial charge on any atom is -0.347 e. The first kappa shape index (κ1) is 13.7. The third kappa shape index (κ3) is 2.86. The van der Waals surface area contributed by atoms with Gasteiger partial charge in [0.1, 0.15) is 0 Å². The Morgan fingerprint density at radius 2 is 1.90 bits per heavy atom. The van der Waals surface area contributed by atoms with Crippen molar-refractivity contribution in [3.05, 3.63) is 18.2 Å². The van der Waals surface area contributed by atoms with Gasteiger partial charge in [-0.25, -0.2) is 13.4 Å². The quantitative estimate of drug-likeness (QED) is 0.854. The normalized spacial score (nSPS) is 33.1. The van der Waals surface area contributed by atoms with E-state index in [1.165, 1.54) is 12.8 Å². The van der Waals surface area contributed by atoms with Crippen molar-refractivity contribution in [3.63, 3.8) is 0 Å². The van der Waals surface area contributed by atoms with Gasteiger partial charge in [0, 0.05) is 50.2 Å². The van der Waals surface area contributed by atoms with Crippen molar-refractivity contribution in [2.45, 2.75) is 31.5 Å². The van der Waals surface area contributed by atoms with Crippen LogP contribution in [0.2, 0.25) is 0 Å². The first-order valence-electron chi connectivity index (χ1n) is 7.76. The molecular formula is C14H22N4O2S. The molecule has 21 heavy (non-hydrogen) atoms. The Balaban J connectivity index is 1.52. The first-order valence-corrected chi connectivity index (χ1v) is 9.59. The van der Waals surface area contributed by atoms with Crippen molar-refractivity contribution >= 4 is 9.84 Å². The number of fused-ring (bicyclic) bond motifs is 1. The lowest BCUT2D eigenvalue weighted by molar-refractivity contribution is 0.0370. The molecule has 0 spiro atoms. The van der Waals surface area contributed by atoms with Crippen molar-refractivity contribution in [1.82, 2.24) is 19.8 Å². The lowest BCUT2D eigenvalue weighted by Crippen LogP contribution is -2.59. The molecule has 3 aliphatic rings. The molecule has 2 aliphatic heterocycles. The molecule has 1 aliphatic carbocycles. The Bertz CT molecular complexity index is 597. The minimum absolute atomic E-state index is 0.144. The van der Waals surface area contributed by atoms with E-state index >= 15 is 0 Å². The van der Waals surface area contributed by atoms with Crippen LogP contribution in [0.4, 0.5) is 0 Å². The van der Waals surface area contributed by atoms with Crippen molar-refractivity contribution in [2.24, 2.45) is 5.92 Å². The van der Waals surface area contributed by atoms with Gasteiger partial charge in [-0.15, -0.1) is 0 Å². The molecule has 1 aromatic heterocycles. The fourth-order valence-electron chi connectivity index (χ4n) is 3.74. The summed E-state index contributed by atoms with van der Waals surface area (Å²) in [5, 5.41) is 0. The Morgan fingerprint density at radius 3 is 2.57 bits per heavy atom. The molecule has 1 N–H and O–H groups in total. The molecule has 3 fully saturated rings. The Kier molecular flexibility index (Phi) is 3.31. The zero-order chi connectivity index (χ0) is 14.4. The number of piperazine rings is 1. The van der Waals surface area contributed by atoms with Crippen LogP contribution in [0.3, 0.4) is 0 Å². The fraction of sp³-hybridized carbons (Fsp3) is 0.786. The summed E-state index contributed by atoms with van der Waals surface area (Å²) in [4.78, 5) is 11.9. The molecule has 0 amide bonds. The van der Waals surface area contributed by atoms with Crippen molar-refractivity contribution in [1.29, 1.82) is 0 Å². The van der Waals surface area contributed by atoms with Gasteiger partial charge in [0.25, 0.3) is 0 Å². The van der Waals surface area contributed by atoms with Crippen LogP contribution in [0.5, 0.6) is 0 Å². The van der Waals surface area contributed by atoms with E-state index in [0.717, 1.165) is 37.8 Å². The largest absolute Gasteiger partial charge is 0.347 e. The van der Waals surface area contributed by atoms with Crippen LogP contribution in [-0.4, -0.2) is 71.4 Å². The number of nitrogens with zero attached hydrogens (tertiary/aromatic N) is 3. The number of rotatable bonds is 4. The summed E-state index contributed by atoms with van der Waals surface area (Å²) in [5.74, 6) is 1.46. The van der Waals surface area contributed by atoms with Crippen LogP contribution in [0, 0.1) is 5.92 Å². The summed E-state index contributed by atoms with van der Waals surface area (Å²) < 4.78 is 24.2. The van der Waals surface area contributed by atoms with Gasteiger partial charge in [-0.05, 0) is 18.8 Å². The van der Waals surface area contributed by atoms with Crippen LogP contribution >= 0.6 is 0 Å². The van der Waals surface area contributed by atoms with Gasteiger partial charge in [0.05, 0.1) is 17.8 Å². The van der Waals surface area contributed by atoms with Crippen LogP contribution < -0.4 is 0 Å². The SMILES string of the molecule is O=S1(=O)C[C@@H]2[C@H](C1)N(Cc1cnc[nH]1)CCN2CC1CC1. The third-order valence-electron chi connectivity index (χ3n) is 5.02. The van der Waals surface area contributed by atoms with E-state index in [1.807, 2.05) is 6.20 Å². The van der Waals surface area contributed by atoms with Gasteiger partial charge in [0.2, 0.25) is 0 Å². The Labute approximate surface area is 125 Å². The highest BCUT2D eigenvalue weighted by Crippen LogP contribution is 2.34. The number of aromatic nitrogens is 2. The van der Waals surface area contributed by atoms with Crippen molar-refractivity contribution < 1.29 is 8.42 Å². The number of hydrogen-bond acceptors (Lipinski definition) is 5. The molecule has 7 heteroatoms. The van der Waals surface area contributed by atoms with Gasteiger partial charge in [-0.1, -0.05) is 0 Å². The Morgan fingerprint density at radius 1 is 1.19 bits per heavy atom. The third-order valence-corrected chi connectivity index (χ3v) is 6.72. The standard InChI is InChI=1S/C14H22N4O2S/c19-21(20)8-13-14(9-21)18(7-12-5-15-10-16-12)4-3-17(13)6-11-1-2-11/h5,10-11,13-14H,1-4,6-9H2,(H,15,16)/t13-,14+/m1/s1. The van der Waals surface area contributed by atoms with Gasteiger partial charge >= 0.3 is 0 Å². The second-order valence-corrected chi connectivity index (χ2v) is 8.85. The fourth-order valence-corrected chi connectivity index (χ4v) is 5.78. The molecule has 1 aromatic rings. The maximum absolute atomic E-state index is 12.1. The molecule has 2 atom stereocenters. The maximum Gasteiger partial charge on any atom is 0.153 e. The number of aromatic amines is 1. The van der Waals surface area contributed by atoms with E-state index in [2.05, 4.69) is 19.8 Å². The maximum atomic E-state index is 12.1. The molecule has 2 saturated heterocycles. The highest BCUT2D eigenvalue weighted by molar-refractivity contribution is 7.91. The number of sulfone groups is 1. The average Bonchev–Trinajstić information content (AvgIpc) is 2.96. The van der Waals surface area contributed by atoms with E-state index in [4.69, 9.17) is 0 Å². The molecule has 0 radical (unpaired) electrons. The predicted molar refractivity (Wildman–Crippen MR) is 79.5 cm³/mol. The minimum atomic E-state index is -2.90. The van der Waals surface area contributed by atoms with Gasteiger partial charge in [-0.3, -0.25) is 9.80 Å². The molecular weight excluding hydrogens is 288 g/mol. The second-order valence-electron chi connectivity index (χ2n) is 6.70. The number of nitrogens with one attached hydrogen (secondary N) is 1. The number of hydrogen-bond donors (Lipinski definition) is 1. The average molecular weight is 310 g/mol. The van der Waals surface area contributed by atoms with Gasteiger partial charge < -0.3 is 4.98 Å². The molecule has 1 saturated carbocycles. The van der Waals surface area contributed by atoms with E-state index in [0.29, 0.717) is 11.5 Å². The zero-order valence-corrected chi connectivity index (χ0v) is 12.9. The summed E-state index contributed by atoms with van der Waals surface area (Å²) in [5.41, 5.74) is 1.06. The predicted octanol–water partition coefficient (Wildman–Crippen LogP) is 0.103. The molecule has 0 unspecified atom stereocenters. The lowest BCUT2D eigenvalue weighted by atomic mass is 10.0. The zero-order valence-electron chi connectivity index (χ0n) is 12.1. The van der Waals surface area contributed by atoms with E-state index in [1.54, 1.807) is 6.33 Å². The lowest BCUT2D eigenvalue weighted by Gasteiger charge is -2.43. The highest BCUT2D eigenvalue weighted by atomic mass is 32.2. The van der Waals surface area contributed by atoms with Crippen molar-refractivity contribution in [2.75, 3.05) is 31.1 Å².